The van der Waals surface area contributed by atoms with Crippen LogP contribution in [0.3, 0.4) is 0 Å². The summed E-state index contributed by atoms with van der Waals surface area (Å²) in [6, 6.07) is 0. The van der Waals surface area contributed by atoms with E-state index >= 15 is 0 Å². The van der Waals surface area contributed by atoms with E-state index in [2.05, 4.69) is 11.9 Å². The van der Waals surface area contributed by atoms with E-state index in [1.165, 1.54) is 6.08 Å². The molecule has 1 N–H and O–H groups in total. The van der Waals surface area contributed by atoms with Crippen molar-refractivity contribution in [3.8, 4) is 0 Å². The molecular formula is C7H12N2O. The predicted octanol–water partition coefficient (Wildman–Crippen LogP) is -0.396. The Kier molecular flexibility index (Phi) is 2.45. The Bertz CT molecular complexity index is 139. The molecule has 0 bridgehead atoms. The normalized spacial score (nSPS) is 18.6. The van der Waals surface area contributed by atoms with Gasteiger partial charge in [-0.3, -0.25) is 4.79 Å². The Balaban J connectivity index is 2.38. The van der Waals surface area contributed by atoms with Crippen molar-refractivity contribution in [3.05, 3.63) is 12.7 Å². The third kappa shape index (κ3) is 1.57. The number of hydrogen-bond acceptors (Lipinski definition) is 2. The molecule has 0 unspecified atom stereocenters. The van der Waals surface area contributed by atoms with E-state index in [1.54, 1.807) is 4.90 Å². The van der Waals surface area contributed by atoms with Gasteiger partial charge in [0.05, 0.1) is 0 Å². The topological polar surface area (TPSA) is 32.3 Å². The average molecular weight is 140 g/mol. The van der Waals surface area contributed by atoms with Gasteiger partial charge in [-0.1, -0.05) is 6.58 Å². The fraction of sp³-hybridized carbons (Fsp3) is 0.571. The lowest BCUT2D eigenvalue weighted by Gasteiger charge is -2.25. The van der Waals surface area contributed by atoms with Gasteiger partial charge in [-0.2, -0.15) is 0 Å². The van der Waals surface area contributed by atoms with Gasteiger partial charge in [0.1, 0.15) is 0 Å². The fourth-order valence-electron chi connectivity index (χ4n) is 1.01. The Hall–Kier alpha value is -0.830. The van der Waals surface area contributed by atoms with Crippen LogP contribution in [-0.2, 0) is 4.79 Å². The predicted molar refractivity (Wildman–Crippen MR) is 39.6 cm³/mol. The Morgan fingerprint density at radius 1 is 1.50 bits per heavy atom. The maximum absolute atomic E-state index is 10.9. The maximum Gasteiger partial charge on any atom is 0.246 e. The third-order valence-electron chi connectivity index (χ3n) is 1.60. The SMILES string of the molecule is C=CC(=O)N1CCNCC1. The average Bonchev–Trinajstić information content (AvgIpc) is 2.05. The number of amides is 1. The molecule has 3 heteroatoms. The Labute approximate surface area is 60.7 Å². The van der Waals surface area contributed by atoms with Crippen LogP contribution >= 0.6 is 0 Å². The van der Waals surface area contributed by atoms with E-state index in [0.717, 1.165) is 26.2 Å². The van der Waals surface area contributed by atoms with Crippen molar-refractivity contribution in [1.29, 1.82) is 0 Å². The quantitative estimate of drug-likeness (QED) is 0.503. The number of carbonyl (C=O) groups excluding carboxylic acids is 1. The summed E-state index contributed by atoms with van der Waals surface area (Å²) < 4.78 is 0. The van der Waals surface area contributed by atoms with Crippen LogP contribution in [0.2, 0.25) is 0 Å². The van der Waals surface area contributed by atoms with Crippen LogP contribution in [0.4, 0.5) is 0 Å². The van der Waals surface area contributed by atoms with Gasteiger partial charge in [0.15, 0.2) is 0 Å². The molecule has 56 valence electrons. The number of piperazine rings is 1. The third-order valence-corrected chi connectivity index (χ3v) is 1.60. The van der Waals surface area contributed by atoms with Crippen LogP contribution in [0.5, 0.6) is 0 Å². The van der Waals surface area contributed by atoms with Crippen LogP contribution in [-0.4, -0.2) is 37.0 Å². The molecule has 1 saturated heterocycles. The molecule has 1 fully saturated rings. The molecule has 1 aliphatic rings. The monoisotopic (exact) mass is 140 g/mol. The molecule has 3 nitrogen and oxygen atoms in total. The molecule has 0 atom stereocenters. The van der Waals surface area contributed by atoms with Crippen molar-refractivity contribution in [2.75, 3.05) is 26.2 Å². The minimum Gasteiger partial charge on any atom is -0.337 e. The standard InChI is InChI=1S/C7H12N2O/c1-2-7(10)9-5-3-8-4-6-9/h2,8H,1,3-6H2. The Morgan fingerprint density at radius 2 is 2.10 bits per heavy atom. The van der Waals surface area contributed by atoms with E-state index in [0.29, 0.717) is 0 Å². The molecule has 0 aromatic rings. The van der Waals surface area contributed by atoms with E-state index in [9.17, 15) is 4.79 Å². The summed E-state index contributed by atoms with van der Waals surface area (Å²) >= 11 is 0. The fourth-order valence-corrected chi connectivity index (χ4v) is 1.01. The molecule has 1 aliphatic heterocycles. The van der Waals surface area contributed by atoms with Crippen LogP contribution < -0.4 is 5.32 Å². The summed E-state index contributed by atoms with van der Waals surface area (Å²) in [4.78, 5) is 12.7. The van der Waals surface area contributed by atoms with Gasteiger partial charge in [-0.15, -0.1) is 0 Å². The van der Waals surface area contributed by atoms with Crippen molar-refractivity contribution in [3.63, 3.8) is 0 Å². The molecule has 0 saturated carbocycles. The van der Waals surface area contributed by atoms with Gasteiger partial charge >= 0.3 is 0 Å². The zero-order valence-corrected chi connectivity index (χ0v) is 5.97. The molecular weight excluding hydrogens is 128 g/mol. The lowest BCUT2D eigenvalue weighted by molar-refractivity contribution is -0.126. The van der Waals surface area contributed by atoms with E-state index in [1.807, 2.05) is 0 Å². The van der Waals surface area contributed by atoms with Gasteiger partial charge in [0.2, 0.25) is 5.91 Å². The van der Waals surface area contributed by atoms with Gasteiger partial charge in [0.25, 0.3) is 0 Å². The zero-order valence-electron chi connectivity index (χ0n) is 5.97. The number of carbonyl (C=O) groups is 1. The second kappa shape index (κ2) is 3.37. The first kappa shape index (κ1) is 7.28. The summed E-state index contributed by atoms with van der Waals surface area (Å²) in [5.74, 6) is 0.0431. The highest BCUT2D eigenvalue weighted by Gasteiger charge is 2.11. The number of hydrogen-bond donors (Lipinski definition) is 1. The van der Waals surface area contributed by atoms with Gasteiger partial charge in [-0.05, 0) is 6.08 Å². The summed E-state index contributed by atoms with van der Waals surface area (Å²) in [5, 5.41) is 3.17. The molecule has 0 spiro atoms. The molecule has 0 aromatic heterocycles. The maximum atomic E-state index is 10.9. The molecule has 1 heterocycles. The van der Waals surface area contributed by atoms with Gasteiger partial charge in [0, 0.05) is 26.2 Å². The van der Waals surface area contributed by atoms with Crippen molar-refractivity contribution in [1.82, 2.24) is 10.2 Å². The van der Waals surface area contributed by atoms with Crippen molar-refractivity contribution >= 4 is 5.91 Å². The second-order valence-corrected chi connectivity index (χ2v) is 2.28. The van der Waals surface area contributed by atoms with Crippen molar-refractivity contribution in [2.24, 2.45) is 0 Å². The minimum absolute atomic E-state index is 0.0431. The second-order valence-electron chi connectivity index (χ2n) is 2.28. The number of rotatable bonds is 1. The van der Waals surface area contributed by atoms with E-state index < -0.39 is 0 Å². The first-order chi connectivity index (χ1) is 4.84. The zero-order chi connectivity index (χ0) is 7.40. The molecule has 0 radical (unpaired) electrons. The molecule has 0 aliphatic carbocycles. The Morgan fingerprint density at radius 3 is 2.60 bits per heavy atom. The van der Waals surface area contributed by atoms with Crippen molar-refractivity contribution < 1.29 is 4.79 Å². The largest absolute Gasteiger partial charge is 0.337 e. The van der Waals surface area contributed by atoms with Gasteiger partial charge in [-0.25, -0.2) is 0 Å². The minimum atomic E-state index is 0.0431. The smallest absolute Gasteiger partial charge is 0.246 e. The number of nitrogens with one attached hydrogen (secondary N) is 1. The number of nitrogens with zero attached hydrogens (tertiary/aromatic N) is 1. The van der Waals surface area contributed by atoms with E-state index in [4.69, 9.17) is 0 Å². The van der Waals surface area contributed by atoms with Crippen LogP contribution in [0.25, 0.3) is 0 Å². The van der Waals surface area contributed by atoms with Gasteiger partial charge < -0.3 is 10.2 Å². The lowest BCUT2D eigenvalue weighted by atomic mass is 10.3. The molecule has 1 amide bonds. The summed E-state index contributed by atoms with van der Waals surface area (Å²) in [7, 11) is 0. The molecule has 1 rings (SSSR count). The van der Waals surface area contributed by atoms with Crippen molar-refractivity contribution in [2.45, 2.75) is 0 Å². The highest BCUT2D eigenvalue weighted by Crippen LogP contribution is 1.92. The van der Waals surface area contributed by atoms with Crippen LogP contribution in [0, 0.1) is 0 Å². The molecule has 0 aromatic carbocycles. The first-order valence-corrected chi connectivity index (χ1v) is 3.46. The first-order valence-electron chi connectivity index (χ1n) is 3.46. The summed E-state index contributed by atoms with van der Waals surface area (Å²) in [6.07, 6.45) is 1.37. The highest BCUT2D eigenvalue weighted by atomic mass is 16.2. The highest BCUT2D eigenvalue weighted by molar-refractivity contribution is 5.87. The lowest BCUT2D eigenvalue weighted by Crippen LogP contribution is -2.45. The van der Waals surface area contributed by atoms with E-state index in [-0.39, 0.29) is 5.91 Å². The summed E-state index contributed by atoms with van der Waals surface area (Å²) in [5.41, 5.74) is 0. The van der Waals surface area contributed by atoms with Crippen LogP contribution in [0.15, 0.2) is 12.7 Å². The summed E-state index contributed by atoms with van der Waals surface area (Å²) in [6.45, 7) is 6.85. The van der Waals surface area contributed by atoms with Crippen LogP contribution in [0.1, 0.15) is 0 Å². The molecule has 10 heavy (non-hydrogen) atoms.